The minimum absolute atomic E-state index is 0.0676. The van der Waals surface area contributed by atoms with E-state index < -0.39 is 0 Å². The Labute approximate surface area is 184 Å². The van der Waals surface area contributed by atoms with Crippen molar-refractivity contribution in [2.24, 2.45) is 23.2 Å². The van der Waals surface area contributed by atoms with Gasteiger partial charge < -0.3 is 10.1 Å². The minimum atomic E-state index is -0.0676. The summed E-state index contributed by atoms with van der Waals surface area (Å²) in [5.41, 5.74) is 5.76. The first kappa shape index (κ1) is 19.3. The average molecular weight is 418 g/mol. The molecule has 5 nitrogen and oxygen atoms in total. The van der Waals surface area contributed by atoms with E-state index >= 15 is 0 Å². The predicted octanol–water partition coefficient (Wildman–Crippen LogP) is 4.97. The zero-order valence-electron chi connectivity index (χ0n) is 18.5. The van der Waals surface area contributed by atoms with E-state index in [1.165, 1.54) is 44.1 Å². The highest BCUT2D eigenvalue weighted by molar-refractivity contribution is 5.88. The third kappa shape index (κ3) is 3.33. The molecule has 7 rings (SSSR count). The Bertz CT molecular complexity index is 1030. The summed E-state index contributed by atoms with van der Waals surface area (Å²) in [5.74, 6) is 4.21. The number of aromatic nitrogens is 2. The molecule has 0 aliphatic heterocycles. The van der Waals surface area contributed by atoms with Crippen molar-refractivity contribution in [1.29, 1.82) is 0 Å². The molecule has 1 amide bonds. The number of ether oxygens (including phenoxy) is 1. The number of carbonyl (C=O) groups is 1. The lowest BCUT2D eigenvalue weighted by Crippen LogP contribution is -2.47. The molecular formula is C26H31N3O2. The second-order valence-electron chi connectivity index (χ2n) is 10.6. The molecule has 5 aliphatic rings. The van der Waals surface area contributed by atoms with E-state index in [-0.39, 0.29) is 5.91 Å². The van der Waals surface area contributed by atoms with Crippen molar-refractivity contribution in [3.8, 4) is 17.0 Å². The third-order valence-corrected chi connectivity index (χ3v) is 8.24. The fourth-order valence-corrected chi connectivity index (χ4v) is 7.53. The van der Waals surface area contributed by atoms with Crippen molar-refractivity contribution in [2.75, 3.05) is 12.4 Å². The largest absolute Gasteiger partial charge is 0.497 e. The van der Waals surface area contributed by atoms with Gasteiger partial charge >= 0.3 is 0 Å². The van der Waals surface area contributed by atoms with Gasteiger partial charge in [0, 0.05) is 12.5 Å². The Hall–Kier alpha value is -2.43. The van der Waals surface area contributed by atoms with Crippen molar-refractivity contribution in [3.63, 3.8) is 0 Å². The van der Waals surface area contributed by atoms with Gasteiger partial charge in [-0.15, -0.1) is 0 Å². The van der Waals surface area contributed by atoms with Crippen LogP contribution in [0.25, 0.3) is 11.3 Å². The maximum Gasteiger partial charge on any atom is 0.222 e. The lowest BCUT2D eigenvalue weighted by atomic mass is 9.48. The van der Waals surface area contributed by atoms with Crippen LogP contribution in [0.15, 0.2) is 18.2 Å². The van der Waals surface area contributed by atoms with Gasteiger partial charge in [0.05, 0.1) is 24.2 Å². The number of nitrogens with zero attached hydrogens (tertiary/aromatic N) is 2. The van der Waals surface area contributed by atoms with Crippen molar-refractivity contribution in [2.45, 2.75) is 64.7 Å². The number of amides is 1. The summed E-state index contributed by atoms with van der Waals surface area (Å²) in [5, 5.41) is 3.02. The lowest BCUT2D eigenvalue weighted by Gasteiger charge is -2.57. The van der Waals surface area contributed by atoms with E-state index in [4.69, 9.17) is 14.7 Å². The average Bonchev–Trinajstić information content (AvgIpc) is 2.72. The van der Waals surface area contributed by atoms with E-state index in [1.807, 2.05) is 6.07 Å². The monoisotopic (exact) mass is 417 g/mol. The summed E-state index contributed by atoms with van der Waals surface area (Å²) >= 11 is 0. The quantitative estimate of drug-likeness (QED) is 0.763. The zero-order chi connectivity index (χ0) is 21.2. The van der Waals surface area contributed by atoms with Crippen LogP contribution < -0.4 is 10.1 Å². The summed E-state index contributed by atoms with van der Waals surface area (Å²) < 4.78 is 5.43. The van der Waals surface area contributed by atoms with Gasteiger partial charge in [-0.25, -0.2) is 9.97 Å². The van der Waals surface area contributed by atoms with Crippen LogP contribution >= 0.6 is 0 Å². The van der Waals surface area contributed by atoms with Gasteiger partial charge in [0.15, 0.2) is 5.82 Å². The summed E-state index contributed by atoms with van der Waals surface area (Å²) in [6.45, 7) is 1.57. The maximum atomic E-state index is 12.0. The molecule has 4 bridgehead atoms. The Morgan fingerprint density at radius 2 is 1.81 bits per heavy atom. The highest BCUT2D eigenvalue weighted by atomic mass is 16.5. The van der Waals surface area contributed by atoms with Crippen molar-refractivity contribution >= 4 is 11.7 Å². The van der Waals surface area contributed by atoms with E-state index in [2.05, 4.69) is 17.4 Å². The van der Waals surface area contributed by atoms with E-state index in [0.717, 1.165) is 65.4 Å². The lowest BCUT2D eigenvalue weighted by molar-refractivity contribution is -0.114. The van der Waals surface area contributed by atoms with Crippen LogP contribution in [0.5, 0.6) is 5.75 Å². The number of carbonyl (C=O) groups excluding carboxylic acids is 1. The Kier molecular flexibility index (Phi) is 4.38. The number of rotatable bonds is 4. The van der Waals surface area contributed by atoms with Crippen molar-refractivity contribution in [3.05, 3.63) is 35.2 Å². The van der Waals surface area contributed by atoms with E-state index in [1.54, 1.807) is 14.0 Å². The second kappa shape index (κ2) is 7.04. The van der Waals surface area contributed by atoms with Crippen LogP contribution in [0.4, 0.5) is 5.82 Å². The normalized spacial score (nSPS) is 29.9. The summed E-state index contributed by atoms with van der Waals surface area (Å²) in [4.78, 5) is 22.2. The minimum Gasteiger partial charge on any atom is -0.497 e. The van der Waals surface area contributed by atoms with E-state index in [9.17, 15) is 4.79 Å². The highest BCUT2D eigenvalue weighted by Crippen LogP contribution is 2.61. The van der Waals surface area contributed by atoms with Crippen molar-refractivity contribution < 1.29 is 9.53 Å². The number of hydrogen-bond donors (Lipinski definition) is 1. The molecule has 0 radical (unpaired) electrons. The van der Waals surface area contributed by atoms with Crippen LogP contribution in [0.1, 0.15) is 62.4 Å². The molecule has 4 fully saturated rings. The number of benzene rings is 1. The molecule has 2 aromatic rings. The van der Waals surface area contributed by atoms with Crippen LogP contribution in [-0.4, -0.2) is 23.0 Å². The summed E-state index contributed by atoms with van der Waals surface area (Å²) in [7, 11) is 1.71. The fourth-order valence-electron chi connectivity index (χ4n) is 7.53. The number of nitrogens with one attached hydrogen (secondary N) is 1. The number of hydrogen-bond acceptors (Lipinski definition) is 4. The molecule has 0 saturated heterocycles. The number of aryl methyl sites for hydroxylation is 2. The van der Waals surface area contributed by atoms with Gasteiger partial charge in [0.25, 0.3) is 0 Å². The van der Waals surface area contributed by atoms with Gasteiger partial charge in [-0.05, 0) is 105 Å². The molecule has 1 N–H and O–H groups in total. The number of fused-ring (bicyclic) bond motifs is 3. The summed E-state index contributed by atoms with van der Waals surface area (Å²) in [6.07, 6.45) is 11.0. The molecule has 5 aliphatic carbocycles. The predicted molar refractivity (Wildman–Crippen MR) is 120 cm³/mol. The molecule has 0 unspecified atom stereocenters. The first-order valence-electron chi connectivity index (χ1n) is 11.8. The smallest absolute Gasteiger partial charge is 0.222 e. The van der Waals surface area contributed by atoms with Crippen LogP contribution in [0, 0.1) is 23.2 Å². The molecule has 1 heterocycles. The Balaban J connectivity index is 1.41. The topological polar surface area (TPSA) is 64.1 Å². The molecule has 1 aromatic heterocycles. The molecule has 162 valence electrons. The summed E-state index contributed by atoms with van der Waals surface area (Å²) in [6, 6.07) is 6.25. The Morgan fingerprint density at radius 1 is 1.10 bits per heavy atom. The van der Waals surface area contributed by atoms with Gasteiger partial charge in [-0.2, -0.15) is 0 Å². The van der Waals surface area contributed by atoms with Gasteiger partial charge in [-0.1, -0.05) is 0 Å². The van der Waals surface area contributed by atoms with Crippen LogP contribution in [0.2, 0.25) is 0 Å². The van der Waals surface area contributed by atoms with Crippen LogP contribution in [-0.2, 0) is 24.1 Å². The molecular weight excluding hydrogens is 386 g/mol. The van der Waals surface area contributed by atoms with Gasteiger partial charge in [-0.3, -0.25) is 4.79 Å². The first-order chi connectivity index (χ1) is 15.0. The molecule has 0 spiro atoms. The van der Waals surface area contributed by atoms with Gasteiger partial charge in [0.2, 0.25) is 5.91 Å². The number of anilines is 1. The third-order valence-electron chi connectivity index (χ3n) is 8.24. The fraction of sp³-hybridized carbons (Fsp3) is 0.577. The van der Waals surface area contributed by atoms with E-state index in [0.29, 0.717) is 11.2 Å². The van der Waals surface area contributed by atoms with Crippen LogP contribution in [0.3, 0.4) is 0 Å². The molecule has 1 aromatic carbocycles. The van der Waals surface area contributed by atoms with Crippen molar-refractivity contribution in [1.82, 2.24) is 9.97 Å². The maximum absolute atomic E-state index is 12.0. The number of methoxy groups -OCH3 is 1. The molecule has 4 saturated carbocycles. The highest BCUT2D eigenvalue weighted by Gasteiger charge is 2.51. The van der Waals surface area contributed by atoms with Gasteiger partial charge in [0.1, 0.15) is 5.75 Å². The molecule has 0 atom stereocenters. The standard InChI is InChI=1S/C26H31N3O2/c1-15(30)27-25-23(14-26-11-16-7-17(12-26)9-18(8-16)13-26)28-24-21-5-4-20(31-2)10-19(21)3-6-22(24)29-25/h4-5,10,16-18H,3,6-9,11-14H2,1-2H3,(H,27,29,30). The SMILES string of the molecule is COc1ccc2c(c1)CCc1nc(NC(C)=O)c(CC34CC5CC(CC(C5)C3)C4)nc1-2. The molecule has 5 heteroatoms. The first-order valence-corrected chi connectivity index (χ1v) is 11.8. The second-order valence-corrected chi connectivity index (χ2v) is 10.6. The Morgan fingerprint density at radius 3 is 2.45 bits per heavy atom. The zero-order valence-corrected chi connectivity index (χ0v) is 18.5. The molecule has 31 heavy (non-hydrogen) atoms.